The standard InChI is InChI=1S/C17H30N2O2/c1-15(2)19(3)12-8-7-11-18-13-16(20)14-21-17-9-5-4-6-10-17/h4-6,9-10,15-16,18,20H,7-8,11-14H2,1-3H3. The van der Waals surface area contributed by atoms with Crippen LogP contribution in [0.25, 0.3) is 0 Å². The van der Waals surface area contributed by atoms with Crippen molar-refractivity contribution in [2.75, 3.05) is 33.3 Å². The van der Waals surface area contributed by atoms with Gasteiger partial charge in [-0.2, -0.15) is 0 Å². The predicted molar refractivity (Wildman–Crippen MR) is 87.8 cm³/mol. The molecule has 0 aliphatic carbocycles. The molecule has 0 spiro atoms. The monoisotopic (exact) mass is 294 g/mol. The number of rotatable bonds is 11. The van der Waals surface area contributed by atoms with Crippen molar-refractivity contribution in [3.63, 3.8) is 0 Å². The summed E-state index contributed by atoms with van der Waals surface area (Å²) < 4.78 is 5.51. The molecule has 21 heavy (non-hydrogen) atoms. The molecule has 2 N–H and O–H groups in total. The third kappa shape index (κ3) is 8.71. The van der Waals surface area contributed by atoms with Gasteiger partial charge in [-0.25, -0.2) is 0 Å². The number of hydrogen-bond donors (Lipinski definition) is 2. The molecule has 0 aromatic heterocycles. The van der Waals surface area contributed by atoms with Gasteiger partial charge in [0.25, 0.3) is 0 Å². The van der Waals surface area contributed by atoms with Crippen molar-refractivity contribution in [3.8, 4) is 5.75 Å². The zero-order valence-corrected chi connectivity index (χ0v) is 13.6. The summed E-state index contributed by atoms with van der Waals surface area (Å²) in [5, 5.41) is 13.1. The number of aliphatic hydroxyl groups excluding tert-OH is 1. The summed E-state index contributed by atoms with van der Waals surface area (Å²) in [5.74, 6) is 0.799. The molecule has 0 saturated carbocycles. The van der Waals surface area contributed by atoms with Crippen molar-refractivity contribution < 1.29 is 9.84 Å². The smallest absolute Gasteiger partial charge is 0.119 e. The predicted octanol–water partition coefficient (Wildman–Crippen LogP) is 2.14. The van der Waals surface area contributed by atoms with Crippen LogP contribution >= 0.6 is 0 Å². The quantitative estimate of drug-likeness (QED) is 0.614. The highest BCUT2D eigenvalue weighted by molar-refractivity contribution is 5.20. The van der Waals surface area contributed by atoms with E-state index in [-0.39, 0.29) is 0 Å². The van der Waals surface area contributed by atoms with Gasteiger partial charge in [0.2, 0.25) is 0 Å². The van der Waals surface area contributed by atoms with Crippen LogP contribution < -0.4 is 10.1 Å². The first-order valence-electron chi connectivity index (χ1n) is 7.86. The minimum Gasteiger partial charge on any atom is -0.491 e. The molecule has 0 bridgehead atoms. The molecule has 4 heteroatoms. The maximum atomic E-state index is 9.83. The van der Waals surface area contributed by atoms with Crippen LogP contribution in [-0.4, -0.2) is 55.4 Å². The van der Waals surface area contributed by atoms with Crippen LogP contribution in [0.15, 0.2) is 30.3 Å². The van der Waals surface area contributed by atoms with E-state index >= 15 is 0 Å². The summed E-state index contributed by atoms with van der Waals surface area (Å²) in [6, 6.07) is 10.2. The van der Waals surface area contributed by atoms with Gasteiger partial charge >= 0.3 is 0 Å². The van der Waals surface area contributed by atoms with Crippen LogP contribution in [0, 0.1) is 0 Å². The highest BCUT2D eigenvalue weighted by Gasteiger charge is 2.05. The minimum absolute atomic E-state index is 0.326. The summed E-state index contributed by atoms with van der Waals surface area (Å²) >= 11 is 0. The van der Waals surface area contributed by atoms with Crippen molar-refractivity contribution in [3.05, 3.63) is 30.3 Å². The second-order valence-electron chi connectivity index (χ2n) is 5.76. The Morgan fingerprint density at radius 3 is 2.57 bits per heavy atom. The van der Waals surface area contributed by atoms with Gasteiger partial charge in [-0.3, -0.25) is 0 Å². The number of ether oxygens (including phenoxy) is 1. The molecular formula is C17H30N2O2. The zero-order chi connectivity index (χ0) is 15.5. The van der Waals surface area contributed by atoms with Crippen LogP contribution in [-0.2, 0) is 0 Å². The highest BCUT2D eigenvalue weighted by atomic mass is 16.5. The van der Waals surface area contributed by atoms with Crippen LogP contribution in [0.1, 0.15) is 26.7 Å². The number of para-hydroxylation sites is 1. The molecule has 1 atom stereocenters. The molecule has 0 fully saturated rings. The van der Waals surface area contributed by atoms with E-state index in [0.29, 0.717) is 19.2 Å². The molecule has 0 amide bonds. The van der Waals surface area contributed by atoms with Gasteiger partial charge in [0.15, 0.2) is 0 Å². The van der Waals surface area contributed by atoms with Gasteiger partial charge in [0, 0.05) is 12.6 Å². The zero-order valence-electron chi connectivity index (χ0n) is 13.6. The maximum absolute atomic E-state index is 9.83. The van der Waals surface area contributed by atoms with E-state index < -0.39 is 6.10 Å². The molecule has 1 rings (SSSR count). The Morgan fingerprint density at radius 2 is 1.90 bits per heavy atom. The maximum Gasteiger partial charge on any atom is 0.119 e. The Labute approximate surface area is 129 Å². The van der Waals surface area contributed by atoms with Crippen LogP contribution in [0.2, 0.25) is 0 Å². The largest absolute Gasteiger partial charge is 0.491 e. The summed E-state index contributed by atoms with van der Waals surface area (Å²) in [7, 11) is 2.16. The normalized spacial score (nSPS) is 12.9. The Balaban J connectivity index is 1.97. The van der Waals surface area contributed by atoms with Gasteiger partial charge in [0.1, 0.15) is 18.5 Å². The third-order valence-corrected chi connectivity index (χ3v) is 3.56. The lowest BCUT2D eigenvalue weighted by Gasteiger charge is -2.20. The second-order valence-corrected chi connectivity index (χ2v) is 5.76. The highest BCUT2D eigenvalue weighted by Crippen LogP contribution is 2.08. The molecular weight excluding hydrogens is 264 g/mol. The van der Waals surface area contributed by atoms with Crippen molar-refractivity contribution in [2.45, 2.75) is 38.8 Å². The lowest BCUT2D eigenvalue weighted by molar-refractivity contribution is 0.106. The fraction of sp³-hybridized carbons (Fsp3) is 0.647. The number of hydrogen-bond acceptors (Lipinski definition) is 4. The lowest BCUT2D eigenvalue weighted by Crippen LogP contribution is -2.32. The Bertz CT molecular complexity index is 357. The van der Waals surface area contributed by atoms with Crippen LogP contribution in [0.5, 0.6) is 5.75 Å². The van der Waals surface area contributed by atoms with Crippen LogP contribution in [0.4, 0.5) is 0 Å². The minimum atomic E-state index is -0.469. The van der Waals surface area contributed by atoms with Crippen molar-refractivity contribution in [2.24, 2.45) is 0 Å². The van der Waals surface area contributed by atoms with Gasteiger partial charge in [0.05, 0.1) is 0 Å². The Kier molecular flexibility index (Phi) is 9.06. The topological polar surface area (TPSA) is 44.7 Å². The number of benzene rings is 1. The first-order chi connectivity index (χ1) is 10.1. The lowest BCUT2D eigenvalue weighted by atomic mass is 10.2. The summed E-state index contributed by atoms with van der Waals surface area (Å²) in [5.41, 5.74) is 0. The molecule has 4 nitrogen and oxygen atoms in total. The molecule has 0 aliphatic rings. The van der Waals surface area contributed by atoms with Gasteiger partial charge in [-0.15, -0.1) is 0 Å². The summed E-state index contributed by atoms with van der Waals surface area (Å²) in [6.07, 6.45) is 1.84. The van der Waals surface area contributed by atoms with Crippen molar-refractivity contribution in [1.82, 2.24) is 10.2 Å². The summed E-state index contributed by atoms with van der Waals surface area (Å²) in [4.78, 5) is 2.35. The first-order valence-corrected chi connectivity index (χ1v) is 7.86. The van der Waals surface area contributed by atoms with Gasteiger partial charge in [-0.1, -0.05) is 18.2 Å². The van der Waals surface area contributed by atoms with E-state index in [9.17, 15) is 5.11 Å². The fourth-order valence-electron chi connectivity index (χ4n) is 1.91. The molecule has 0 saturated heterocycles. The first kappa shape index (κ1) is 18.0. The molecule has 0 radical (unpaired) electrons. The Morgan fingerprint density at radius 1 is 1.19 bits per heavy atom. The molecule has 0 heterocycles. The average Bonchev–Trinajstić information content (AvgIpc) is 2.49. The van der Waals surface area contributed by atoms with Crippen molar-refractivity contribution >= 4 is 0 Å². The molecule has 1 unspecified atom stereocenters. The Hall–Kier alpha value is -1.10. The van der Waals surface area contributed by atoms with E-state index in [2.05, 4.69) is 31.1 Å². The average molecular weight is 294 g/mol. The molecule has 1 aromatic rings. The third-order valence-electron chi connectivity index (χ3n) is 3.56. The van der Waals surface area contributed by atoms with E-state index in [1.54, 1.807) is 0 Å². The molecule has 0 aliphatic heterocycles. The second kappa shape index (κ2) is 10.6. The number of nitrogens with zero attached hydrogens (tertiary/aromatic N) is 1. The van der Waals surface area contributed by atoms with E-state index in [0.717, 1.165) is 25.3 Å². The summed E-state index contributed by atoms with van der Waals surface area (Å²) in [6.45, 7) is 7.38. The number of unbranched alkanes of at least 4 members (excludes halogenated alkanes) is 1. The fourth-order valence-corrected chi connectivity index (χ4v) is 1.91. The van der Waals surface area contributed by atoms with Crippen molar-refractivity contribution in [1.29, 1.82) is 0 Å². The number of nitrogens with one attached hydrogen (secondary N) is 1. The SMILES string of the molecule is CC(C)N(C)CCCCNCC(O)COc1ccccc1. The molecule has 1 aromatic carbocycles. The van der Waals surface area contributed by atoms with E-state index in [1.807, 2.05) is 30.3 Å². The molecule has 120 valence electrons. The van der Waals surface area contributed by atoms with Crippen LogP contribution in [0.3, 0.4) is 0 Å². The van der Waals surface area contributed by atoms with E-state index in [4.69, 9.17) is 4.74 Å². The van der Waals surface area contributed by atoms with Gasteiger partial charge in [-0.05, 0) is 59.0 Å². The van der Waals surface area contributed by atoms with Gasteiger partial charge < -0.3 is 20.1 Å². The van der Waals surface area contributed by atoms with E-state index in [1.165, 1.54) is 6.42 Å². The number of aliphatic hydroxyl groups is 1.